The molecule has 110 valence electrons. The molecule has 1 aliphatic rings. The fraction of sp³-hybridized carbons (Fsp3) is 0.562. The topological polar surface area (TPSA) is 64.3 Å². The number of rotatable bonds is 8. The van der Waals surface area contributed by atoms with Crippen LogP contribution in [0.4, 0.5) is 0 Å². The van der Waals surface area contributed by atoms with Crippen molar-refractivity contribution in [3.8, 4) is 0 Å². The molecule has 20 heavy (non-hydrogen) atoms. The summed E-state index contributed by atoms with van der Waals surface area (Å²) < 4.78 is 5.11. The number of hydrogen-bond acceptors (Lipinski definition) is 3. The van der Waals surface area contributed by atoms with Gasteiger partial charge in [0.25, 0.3) is 0 Å². The molecule has 0 aliphatic heterocycles. The molecule has 1 amide bonds. The van der Waals surface area contributed by atoms with Gasteiger partial charge in [0.05, 0.1) is 0 Å². The van der Waals surface area contributed by atoms with Crippen molar-refractivity contribution in [1.82, 2.24) is 5.32 Å². The number of hydrogen-bond donors (Lipinski definition) is 2. The van der Waals surface area contributed by atoms with E-state index in [1.54, 1.807) is 7.11 Å². The van der Waals surface area contributed by atoms with Crippen LogP contribution in [-0.2, 0) is 9.53 Å². The van der Waals surface area contributed by atoms with Crippen LogP contribution in [0.1, 0.15) is 37.3 Å². The molecular formula is C16H24N2O2. The second kappa shape index (κ2) is 6.86. The number of nitrogens with two attached hydrogens (primary N) is 1. The number of carbonyl (C=O) groups is 1. The van der Waals surface area contributed by atoms with Crippen LogP contribution in [0.2, 0.25) is 0 Å². The maximum absolute atomic E-state index is 12.0. The van der Waals surface area contributed by atoms with Gasteiger partial charge in [-0.3, -0.25) is 4.79 Å². The minimum absolute atomic E-state index is 0.0324. The first-order chi connectivity index (χ1) is 9.65. The molecule has 4 nitrogen and oxygen atoms in total. The molecule has 1 aromatic rings. The maximum atomic E-state index is 12.0. The third-order valence-electron chi connectivity index (χ3n) is 4.09. The predicted molar refractivity (Wildman–Crippen MR) is 79.2 cm³/mol. The quantitative estimate of drug-likeness (QED) is 0.763. The Morgan fingerprint density at radius 3 is 2.70 bits per heavy atom. The van der Waals surface area contributed by atoms with E-state index in [1.165, 1.54) is 12.8 Å². The zero-order valence-electron chi connectivity index (χ0n) is 12.1. The van der Waals surface area contributed by atoms with Gasteiger partial charge < -0.3 is 15.8 Å². The number of methoxy groups -OCH3 is 1. The molecule has 1 aromatic carbocycles. The van der Waals surface area contributed by atoms with Gasteiger partial charge >= 0.3 is 0 Å². The Balaban J connectivity index is 1.73. The predicted octanol–water partition coefficient (Wildman–Crippen LogP) is 2.01. The Hall–Kier alpha value is -1.39. The second-order valence-corrected chi connectivity index (χ2v) is 5.74. The van der Waals surface area contributed by atoms with Crippen molar-refractivity contribution >= 4 is 5.91 Å². The molecule has 0 bridgehead atoms. The van der Waals surface area contributed by atoms with E-state index in [1.807, 2.05) is 30.3 Å². The molecular weight excluding hydrogens is 252 g/mol. The van der Waals surface area contributed by atoms with Gasteiger partial charge in [0.1, 0.15) is 0 Å². The van der Waals surface area contributed by atoms with E-state index >= 15 is 0 Å². The molecule has 2 rings (SSSR count). The summed E-state index contributed by atoms with van der Waals surface area (Å²) in [6.45, 7) is 1.51. The van der Waals surface area contributed by atoms with Crippen molar-refractivity contribution in [2.75, 3.05) is 20.3 Å². The average Bonchev–Trinajstić information content (AvgIpc) is 3.24. The molecule has 3 N–H and O–H groups in total. The van der Waals surface area contributed by atoms with Crippen molar-refractivity contribution in [2.45, 2.75) is 31.7 Å². The summed E-state index contributed by atoms with van der Waals surface area (Å²) in [5, 5.41) is 3.02. The maximum Gasteiger partial charge on any atom is 0.221 e. The Labute approximate surface area is 120 Å². The summed E-state index contributed by atoms with van der Waals surface area (Å²) in [5.74, 6) is 0.0324. The lowest BCUT2D eigenvalue weighted by Gasteiger charge is -2.17. The molecule has 1 fully saturated rings. The summed E-state index contributed by atoms with van der Waals surface area (Å²) in [6, 6.07) is 9.51. The molecule has 0 heterocycles. The van der Waals surface area contributed by atoms with Gasteiger partial charge in [-0.15, -0.1) is 0 Å². The van der Waals surface area contributed by atoms with Gasteiger partial charge in [-0.1, -0.05) is 30.3 Å². The van der Waals surface area contributed by atoms with Gasteiger partial charge in [-0.2, -0.15) is 0 Å². The minimum Gasteiger partial charge on any atom is -0.385 e. The van der Waals surface area contributed by atoms with Crippen LogP contribution in [0.15, 0.2) is 30.3 Å². The highest BCUT2D eigenvalue weighted by atomic mass is 16.5. The first-order valence-corrected chi connectivity index (χ1v) is 7.21. The first-order valence-electron chi connectivity index (χ1n) is 7.21. The smallest absolute Gasteiger partial charge is 0.221 e. The SMILES string of the molecule is COCCC1(CNC(=O)CC(N)c2ccccc2)CC1. The molecule has 1 atom stereocenters. The Morgan fingerprint density at radius 2 is 2.10 bits per heavy atom. The van der Waals surface area contributed by atoms with Gasteiger partial charge in [0.15, 0.2) is 0 Å². The van der Waals surface area contributed by atoms with Crippen molar-refractivity contribution < 1.29 is 9.53 Å². The van der Waals surface area contributed by atoms with Crippen LogP contribution in [0, 0.1) is 5.41 Å². The van der Waals surface area contributed by atoms with Crippen molar-refractivity contribution in [2.24, 2.45) is 11.1 Å². The van der Waals surface area contributed by atoms with E-state index in [2.05, 4.69) is 5.32 Å². The second-order valence-electron chi connectivity index (χ2n) is 5.74. The summed E-state index contributed by atoms with van der Waals surface area (Å²) >= 11 is 0. The van der Waals surface area contributed by atoms with Crippen LogP contribution in [0.25, 0.3) is 0 Å². The highest BCUT2D eigenvalue weighted by Gasteiger charge is 2.42. The number of benzene rings is 1. The minimum atomic E-state index is -0.231. The molecule has 0 aromatic heterocycles. The Morgan fingerprint density at radius 1 is 1.40 bits per heavy atom. The molecule has 4 heteroatoms. The van der Waals surface area contributed by atoms with Crippen LogP contribution < -0.4 is 11.1 Å². The van der Waals surface area contributed by atoms with Gasteiger partial charge in [-0.25, -0.2) is 0 Å². The zero-order chi connectivity index (χ0) is 14.4. The summed E-state index contributed by atoms with van der Waals surface area (Å²) in [6.07, 6.45) is 3.72. The molecule has 0 spiro atoms. The van der Waals surface area contributed by atoms with E-state index in [9.17, 15) is 4.79 Å². The summed E-state index contributed by atoms with van der Waals surface area (Å²) in [5.41, 5.74) is 7.33. The fourth-order valence-electron chi connectivity index (χ4n) is 2.39. The lowest BCUT2D eigenvalue weighted by Crippen LogP contribution is -2.32. The van der Waals surface area contributed by atoms with Crippen LogP contribution >= 0.6 is 0 Å². The molecule has 1 unspecified atom stereocenters. The van der Waals surface area contributed by atoms with Crippen molar-refractivity contribution in [3.05, 3.63) is 35.9 Å². The van der Waals surface area contributed by atoms with Crippen LogP contribution in [0.3, 0.4) is 0 Å². The summed E-state index contributed by atoms with van der Waals surface area (Å²) in [7, 11) is 1.72. The average molecular weight is 276 g/mol. The molecule has 1 aliphatic carbocycles. The largest absolute Gasteiger partial charge is 0.385 e. The standard InChI is InChI=1S/C16H24N2O2/c1-20-10-9-16(7-8-16)12-18-15(19)11-14(17)13-5-3-2-4-6-13/h2-6,14H,7-12,17H2,1H3,(H,18,19). The molecule has 0 saturated heterocycles. The monoisotopic (exact) mass is 276 g/mol. The normalized spacial score (nSPS) is 17.5. The first kappa shape index (κ1) is 15.0. The van der Waals surface area contributed by atoms with E-state index < -0.39 is 0 Å². The molecule has 1 saturated carbocycles. The Bertz CT molecular complexity index is 429. The van der Waals surface area contributed by atoms with E-state index in [-0.39, 0.29) is 17.4 Å². The van der Waals surface area contributed by atoms with Crippen LogP contribution in [-0.4, -0.2) is 26.2 Å². The third-order valence-corrected chi connectivity index (χ3v) is 4.09. The number of nitrogens with one attached hydrogen (secondary N) is 1. The Kier molecular flexibility index (Phi) is 5.15. The van der Waals surface area contributed by atoms with Crippen molar-refractivity contribution in [1.29, 1.82) is 0 Å². The third kappa shape index (κ3) is 4.32. The van der Waals surface area contributed by atoms with E-state index in [0.29, 0.717) is 6.42 Å². The van der Waals surface area contributed by atoms with E-state index in [4.69, 9.17) is 10.5 Å². The van der Waals surface area contributed by atoms with Gasteiger partial charge in [-0.05, 0) is 30.2 Å². The number of amides is 1. The highest BCUT2D eigenvalue weighted by Crippen LogP contribution is 2.48. The molecule has 0 radical (unpaired) electrons. The number of ether oxygens (including phenoxy) is 1. The lowest BCUT2D eigenvalue weighted by molar-refractivity contribution is -0.121. The zero-order valence-corrected chi connectivity index (χ0v) is 12.1. The number of carbonyl (C=O) groups excluding carboxylic acids is 1. The van der Waals surface area contributed by atoms with E-state index in [0.717, 1.165) is 25.1 Å². The van der Waals surface area contributed by atoms with Gasteiger partial charge in [0.2, 0.25) is 5.91 Å². The fourth-order valence-corrected chi connectivity index (χ4v) is 2.39. The highest BCUT2D eigenvalue weighted by molar-refractivity contribution is 5.76. The van der Waals surface area contributed by atoms with Gasteiger partial charge in [0, 0.05) is 32.7 Å². The van der Waals surface area contributed by atoms with Crippen LogP contribution in [0.5, 0.6) is 0 Å². The summed E-state index contributed by atoms with van der Waals surface area (Å²) in [4.78, 5) is 12.0. The van der Waals surface area contributed by atoms with Crippen molar-refractivity contribution in [3.63, 3.8) is 0 Å². The lowest BCUT2D eigenvalue weighted by atomic mass is 10.0.